The molecule has 1 aliphatic carbocycles. The van der Waals surface area contributed by atoms with Crippen molar-refractivity contribution < 1.29 is 37.1 Å². The van der Waals surface area contributed by atoms with Gasteiger partial charge in [-0.15, -0.1) is 0 Å². The number of ketones is 2. The maximum Gasteiger partial charge on any atom is 0.416 e. The largest absolute Gasteiger partial charge is 0.416 e. The smallest absolute Gasteiger partial charge is 0.349 e. The van der Waals surface area contributed by atoms with Gasteiger partial charge in [-0.1, -0.05) is 54.6 Å². The zero-order valence-corrected chi connectivity index (χ0v) is 18.4. The van der Waals surface area contributed by atoms with Crippen LogP contribution in [0.25, 0.3) is 0 Å². The molecule has 6 nitrogen and oxygen atoms in total. The first-order valence-corrected chi connectivity index (χ1v) is 11.1. The number of alkyl halides is 3. The van der Waals surface area contributed by atoms with E-state index in [2.05, 4.69) is 0 Å². The predicted octanol–water partition coefficient (Wildman–Crippen LogP) is 4.40. The first-order valence-electron chi connectivity index (χ1n) is 11.1. The molecule has 3 atom stereocenters. The number of ether oxygens (including phenoxy) is 1. The van der Waals surface area contributed by atoms with Gasteiger partial charge >= 0.3 is 6.18 Å². The Labute approximate surface area is 202 Å². The highest BCUT2D eigenvalue weighted by Crippen LogP contribution is 2.57. The van der Waals surface area contributed by atoms with Gasteiger partial charge in [-0.2, -0.15) is 13.2 Å². The van der Waals surface area contributed by atoms with E-state index < -0.39 is 58.7 Å². The number of anilines is 1. The third-order valence-corrected chi connectivity index (χ3v) is 7.10. The number of carbonyl (C=O) groups is 4. The summed E-state index contributed by atoms with van der Waals surface area (Å²) in [5.74, 6) is -5.70. The van der Waals surface area contributed by atoms with Crippen LogP contribution in [0.15, 0.2) is 78.9 Å². The fraction of sp³-hybridized carbons (Fsp3) is 0.185. The molecular weight excluding hydrogens is 475 g/mol. The Kier molecular flexibility index (Phi) is 4.62. The van der Waals surface area contributed by atoms with Crippen molar-refractivity contribution >= 4 is 29.1 Å². The van der Waals surface area contributed by atoms with E-state index in [0.717, 1.165) is 29.2 Å². The maximum absolute atomic E-state index is 13.8. The van der Waals surface area contributed by atoms with Gasteiger partial charge in [-0.25, -0.2) is 4.90 Å². The second-order valence-electron chi connectivity index (χ2n) is 8.95. The second-order valence-corrected chi connectivity index (χ2v) is 8.95. The molecule has 3 aromatic rings. The summed E-state index contributed by atoms with van der Waals surface area (Å²) >= 11 is 0. The number of Topliss-reactive ketones (excluding diaryl/α,β-unsaturated/α-hetero) is 2. The number of halogens is 3. The molecule has 2 amide bonds. The van der Waals surface area contributed by atoms with E-state index in [0.29, 0.717) is 5.56 Å². The summed E-state index contributed by atoms with van der Waals surface area (Å²) in [6.45, 7) is 0. The Morgan fingerprint density at radius 1 is 0.722 bits per heavy atom. The molecule has 0 radical (unpaired) electrons. The van der Waals surface area contributed by atoms with Gasteiger partial charge in [0.1, 0.15) is 0 Å². The molecule has 2 aliphatic heterocycles. The maximum atomic E-state index is 13.8. The van der Waals surface area contributed by atoms with Crippen molar-refractivity contribution in [3.05, 3.63) is 101 Å². The van der Waals surface area contributed by atoms with Crippen LogP contribution in [0.1, 0.15) is 37.9 Å². The standard InChI is InChI=1S/C27H16F3NO5/c28-27(29,30)15-10-12-16(13-11-15)31-24(34)19-20(25(31)35)26(36-21(19)14-6-2-1-3-7-14)22(32)17-8-4-5-9-18(17)23(26)33/h1-13,19-21H/t19-,20-,21-/m0/s1. The van der Waals surface area contributed by atoms with Gasteiger partial charge < -0.3 is 4.74 Å². The lowest BCUT2D eigenvalue weighted by molar-refractivity contribution is -0.137. The SMILES string of the molecule is O=C1[C@H]2[C@@H](C(=O)N1c1ccc(C(F)(F)F)cc1)C1(O[C@H]2c2ccccc2)C(=O)c2ccccc2C1=O. The molecular formula is C27H16F3NO5. The van der Waals surface area contributed by atoms with E-state index >= 15 is 0 Å². The molecule has 3 aromatic carbocycles. The van der Waals surface area contributed by atoms with Gasteiger partial charge in [0.2, 0.25) is 29.0 Å². The van der Waals surface area contributed by atoms with E-state index in [4.69, 9.17) is 4.74 Å². The first kappa shape index (κ1) is 22.4. The number of hydrogen-bond acceptors (Lipinski definition) is 5. The molecule has 0 bridgehead atoms. The number of nitrogens with zero attached hydrogens (tertiary/aromatic N) is 1. The third kappa shape index (κ3) is 2.83. The van der Waals surface area contributed by atoms with Crippen molar-refractivity contribution in [2.45, 2.75) is 17.9 Å². The highest BCUT2D eigenvalue weighted by molar-refractivity contribution is 6.37. The molecule has 0 aromatic heterocycles. The summed E-state index contributed by atoms with van der Waals surface area (Å²) in [5.41, 5.74) is -2.56. The fourth-order valence-electron chi connectivity index (χ4n) is 5.51. The van der Waals surface area contributed by atoms with Crippen LogP contribution in [0.3, 0.4) is 0 Å². The minimum Gasteiger partial charge on any atom is -0.349 e. The second kappa shape index (κ2) is 7.44. The molecule has 2 heterocycles. The first-order chi connectivity index (χ1) is 17.2. The summed E-state index contributed by atoms with van der Waals surface area (Å²) < 4.78 is 45.3. The van der Waals surface area contributed by atoms with Gasteiger partial charge in [0.05, 0.1) is 29.2 Å². The molecule has 0 N–H and O–H groups in total. The molecule has 36 heavy (non-hydrogen) atoms. The molecule has 3 aliphatic rings. The van der Waals surface area contributed by atoms with E-state index in [9.17, 15) is 32.3 Å². The molecule has 6 rings (SSSR count). The number of hydrogen-bond donors (Lipinski definition) is 0. The van der Waals surface area contributed by atoms with Crippen molar-refractivity contribution in [2.24, 2.45) is 11.8 Å². The molecule has 180 valence electrons. The third-order valence-electron chi connectivity index (χ3n) is 7.10. The van der Waals surface area contributed by atoms with Crippen LogP contribution in [0.5, 0.6) is 0 Å². The summed E-state index contributed by atoms with van der Waals surface area (Å²) in [4.78, 5) is 55.5. The van der Waals surface area contributed by atoms with Crippen LogP contribution in [-0.4, -0.2) is 29.0 Å². The molecule has 0 unspecified atom stereocenters. The number of rotatable bonds is 2. The number of imide groups is 1. The van der Waals surface area contributed by atoms with E-state index in [-0.39, 0.29) is 16.8 Å². The van der Waals surface area contributed by atoms with Gasteiger partial charge in [-0.05, 0) is 29.8 Å². The topological polar surface area (TPSA) is 80.8 Å². The molecule has 0 saturated carbocycles. The van der Waals surface area contributed by atoms with Gasteiger partial charge in [-0.3, -0.25) is 19.2 Å². The van der Waals surface area contributed by atoms with Gasteiger partial charge in [0.25, 0.3) is 0 Å². The zero-order chi connectivity index (χ0) is 25.4. The van der Waals surface area contributed by atoms with Crippen LogP contribution in [0.2, 0.25) is 0 Å². The van der Waals surface area contributed by atoms with Crippen LogP contribution >= 0.6 is 0 Å². The zero-order valence-electron chi connectivity index (χ0n) is 18.4. The Bertz CT molecular complexity index is 1410. The predicted molar refractivity (Wildman–Crippen MR) is 119 cm³/mol. The molecule has 2 fully saturated rings. The minimum atomic E-state index is -4.60. The number of carbonyl (C=O) groups excluding carboxylic acids is 4. The van der Waals surface area contributed by atoms with Crippen LogP contribution in [0, 0.1) is 11.8 Å². The Morgan fingerprint density at radius 2 is 1.28 bits per heavy atom. The number of fused-ring (bicyclic) bond motifs is 3. The average Bonchev–Trinajstić information content (AvgIpc) is 3.44. The van der Waals surface area contributed by atoms with Crippen molar-refractivity contribution in [2.75, 3.05) is 4.90 Å². The summed E-state index contributed by atoms with van der Waals surface area (Å²) in [6.07, 6.45) is -5.69. The summed E-state index contributed by atoms with van der Waals surface area (Å²) in [7, 11) is 0. The van der Waals surface area contributed by atoms with E-state index in [1.165, 1.54) is 12.1 Å². The lowest BCUT2D eigenvalue weighted by atomic mass is 9.77. The Hall–Kier alpha value is -4.11. The fourth-order valence-corrected chi connectivity index (χ4v) is 5.51. The highest BCUT2D eigenvalue weighted by atomic mass is 19.4. The molecule has 9 heteroatoms. The van der Waals surface area contributed by atoms with Crippen LogP contribution < -0.4 is 4.90 Å². The Balaban J connectivity index is 1.50. The van der Waals surface area contributed by atoms with E-state index in [1.54, 1.807) is 42.5 Å². The van der Waals surface area contributed by atoms with Crippen molar-refractivity contribution in [3.8, 4) is 0 Å². The van der Waals surface area contributed by atoms with E-state index in [1.807, 2.05) is 0 Å². The monoisotopic (exact) mass is 491 g/mol. The normalized spacial score (nSPS) is 24.5. The highest BCUT2D eigenvalue weighted by Gasteiger charge is 2.74. The average molecular weight is 491 g/mol. The lowest BCUT2D eigenvalue weighted by Crippen LogP contribution is -2.51. The molecule has 1 spiro atoms. The summed E-state index contributed by atoms with van der Waals surface area (Å²) in [6, 6.07) is 18.1. The lowest BCUT2D eigenvalue weighted by Gasteiger charge is -2.27. The van der Waals surface area contributed by atoms with Gasteiger partial charge in [0.15, 0.2) is 0 Å². The van der Waals surface area contributed by atoms with Crippen molar-refractivity contribution in [3.63, 3.8) is 0 Å². The van der Waals surface area contributed by atoms with Gasteiger partial charge in [0, 0.05) is 11.1 Å². The molecule has 2 saturated heterocycles. The summed E-state index contributed by atoms with van der Waals surface area (Å²) in [5, 5.41) is 0. The van der Waals surface area contributed by atoms with Crippen LogP contribution in [0.4, 0.5) is 18.9 Å². The van der Waals surface area contributed by atoms with Crippen molar-refractivity contribution in [1.29, 1.82) is 0 Å². The Morgan fingerprint density at radius 3 is 1.83 bits per heavy atom. The minimum absolute atomic E-state index is 0.0789. The number of benzene rings is 3. The number of amides is 2. The van der Waals surface area contributed by atoms with Crippen molar-refractivity contribution in [1.82, 2.24) is 0 Å². The van der Waals surface area contributed by atoms with Crippen LogP contribution in [-0.2, 0) is 20.5 Å². The quantitative estimate of drug-likeness (QED) is 0.392.